The van der Waals surface area contributed by atoms with Crippen LogP contribution in [0.3, 0.4) is 0 Å². The zero-order valence-electron chi connectivity index (χ0n) is 15.8. The van der Waals surface area contributed by atoms with Gasteiger partial charge in [-0.25, -0.2) is 0 Å². The van der Waals surface area contributed by atoms with Gasteiger partial charge in [-0.3, -0.25) is 9.59 Å². The minimum atomic E-state index is -1.17. The van der Waals surface area contributed by atoms with Crippen molar-refractivity contribution in [2.24, 2.45) is 17.3 Å². The summed E-state index contributed by atoms with van der Waals surface area (Å²) in [6, 6.07) is 0. The first-order valence-corrected chi connectivity index (χ1v) is 9.23. The second-order valence-electron chi connectivity index (χ2n) is 8.11. The van der Waals surface area contributed by atoms with E-state index in [-0.39, 0.29) is 11.3 Å². The molecule has 0 amide bonds. The number of hydrogen-bond donors (Lipinski definition) is 0. The van der Waals surface area contributed by atoms with Gasteiger partial charge in [0.05, 0.1) is 0 Å². The molecule has 0 N–H and O–H groups in total. The Bertz CT molecular complexity index is 606. The lowest BCUT2D eigenvalue weighted by atomic mass is 9.71. The number of cyclic esters (lactones) is 2. The van der Waals surface area contributed by atoms with Crippen molar-refractivity contribution >= 4 is 11.9 Å². The Balaban J connectivity index is 1.95. The van der Waals surface area contributed by atoms with Gasteiger partial charge in [-0.1, -0.05) is 25.2 Å². The molecule has 1 unspecified atom stereocenters. The molecule has 0 aromatic rings. The summed E-state index contributed by atoms with van der Waals surface area (Å²) in [6.45, 7) is 11.4. The minimum Gasteiger partial charge on any atom is -0.422 e. The molecule has 1 spiro atoms. The zero-order valence-corrected chi connectivity index (χ0v) is 15.8. The summed E-state index contributed by atoms with van der Waals surface area (Å²) < 4.78 is 10.8. The van der Waals surface area contributed by atoms with Crippen molar-refractivity contribution in [1.29, 1.82) is 0 Å². The highest BCUT2D eigenvalue weighted by atomic mass is 16.7. The SMILES string of the molecule is C=CC1=C(CC)C(C2C(=O)OC(C)(C)OC2=O)CC12CCN(C)CC2. The lowest BCUT2D eigenvalue weighted by Gasteiger charge is -2.40. The second-order valence-corrected chi connectivity index (χ2v) is 8.11. The van der Waals surface area contributed by atoms with E-state index in [4.69, 9.17) is 9.47 Å². The normalized spacial score (nSPS) is 29.7. The highest BCUT2D eigenvalue weighted by Gasteiger charge is 2.54. The summed E-state index contributed by atoms with van der Waals surface area (Å²) in [5, 5.41) is 0. The largest absolute Gasteiger partial charge is 0.422 e. The topological polar surface area (TPSA) is 55.8 Å². The highest BCUT2D eigenvalue weighted by molar-refractivity contribution is 5.97. The van der Waals surface area contributed by atoms with E-state index < -0.39 is 23.6 Å². The van der Waals surface area contributed by atoms with Crippen LogP contribution in [0, 0.1) is 17.3 Å². The number of ether oxygens (including phenoxy) is 2. The molecule has 25 heavy (non-hydrogen) atoms. The van der Waals surface area contributed by atoms with Gasteiger partial charge in [0, 0.05) is 19.8 Å². The molecule has 2 heterocycles. The molecule has 138 valence electrons. The summed E-state index contributed by atoms with van der Waals surface area (Å²) in [5.74, 6) is -3.07. The van der Waals surface area contributed by atoms with Crippen molar-refractivity contribution in [3.8, 4) is 0 Å². The van der Waals surface area contributed by atoms with Crippen LogP contribution in [0.5, 0.6) is 0 Å². The summed E-state index contributed by atoms with van der Waals surface area (Å²) in [4.78, 5) is 27.5. The summed E-state index contributed by atoms with van der Waals surface area (Å²) in [7, 11) is 2.13. The average Bonchev–Trinajstić information content (AvgIpc) is 2.81. The maximum absolute atomic E-state index is 12.6. The lowest BCUT2D eigenvalue weighted by molar-refractivity contribution is -0.242. The first-order valence-electron chi connectivity index (χ1n) is 9.23. The number of allylic oxidation sites excluding steroid dienone is 3. The van der Waals surface area contributed by atoms with Crippen molar-refractivity contribution in [2.75, 3.05) is 20.1 Å². The van der Waals surface area contributed by atoms with Gasteiger partial charge in [0.25, 0.3) is 5.79 Å². The molecule has 0 aromatic carbocycles. The second kappa shape index (κ2) is 6.27. The third-order valence-corrected chi connectivity index (χ3v) is 6.11. The quantitative estimate of drug-likeness (QED) is 0.580. The predicted molar refractivity (Wildman–Crippen MR) is 94.5 cm³/mol. The number of piperidine rings is 1. The Morgan fingerprint density at radius 3 is 2.24 bits per heavy atom. The van der Waals surface area contributed by atoms with Crippen molar-refractivity contribution < 1.29 is 19.1 Å². The van der Waals surface area contributed by atoms with E-state index in [0.717, 1.165) is 38.8 Å². The first-order chi connectivity index (χ1) is 11.7. The minimum absolute atomic E-state index is 0.0256. The van der Waals surface area contributed by atoms with Crippen LogP contribution in [-0.2, 0) is 19.1 Å². The van der Waals surface area contributed by atoms with Crippen LogP contribution in [0.4, 0.5) is 0 Å². The summed E-state index contributed by atoms with van der Waals surface area (Å²) >= 11 is 0. The van der Waals surface area contributed by atoms with Gasteiger partial charge in [-0.05, 0) is 56.8 Å². The Labute approximate surface area is 150 Å². The Morgan fingerprint density at radius 2 is 1.76 bits per heavy atom. The van der Waals surface area contributed by atoms with E-state index in [1.54, 1.807) is 13.8 Å². The third-order valence-electron chi connectivity index (χ3n) is 6.11. The standard InChI is InChI=1S/C20H29NO4/c1-6-13-14(16-17(22)24-19(3,4)25-18(16)23)12-20(15(13)7-2)8-10-21(5)11-9-20/h7,14,16H,2,6,8-12H2,1,3-5H3. The predicted octanol–water partition coefficient (Wildman–Crippen LogP) is 3.06. The van der Waals surface area contributed by atoms with Crippen LogP contribution < -0.4 is 0 Å². The van der Waals surface area contributed by atoms with Gasteiger partial charge in [0.2, 0.25) is 0 Å². The molecule has 5 heteroatoms. The number of hydrogen-bond acceptors (Lipinski definition) is 5. The lowest BCUT2D eigenvalue weighted by Crippen LogP contribution is -2.49. The molecule has 0 aromatic heterocycles. The Kier molecular flexibility index (Phi) is 4.56. The fourth-order valence-corrected chi connectivity index (χ4v) is 4.89. The van der Waals surface area contributed by atoms with Crippen LogP contribution in [0.2, 0.25) is 0 Å². The summed E-state index contributed by atoms with van der Waals surface area (Å²) in [5.41, 5.74) is 2.45. The molecule has 2 saturated heterocycles. The van der Waals surface area contributed by atoms with E-state index in [2.05, 4.69) is 25.5 Å². The highest BCUT2D eigenvalue weighted by Crippen LogP contribution is 2.56. The molecule has 3 rings (SSSR count). The van der Waals surface area contributed by atoms with Gasteiger partial charge >= 0.3 is 11.9 Å². The van der Waals surface area contributed by atoms with Crippen molar-refractivity contribution in [3.05, 3.63) is 23.8 Å². The van der Waals surface area contributed by atoms with Gasteiger partial charge in [0.1, 0.15) is 0 Å². The molecule has 0 bridgehead atoms. The molecule has 5 nitrogen and oxygen atoms in total. The van der Waals surface area contributed by atoms with Gasteiger partial charge < -0.3 is 14.4 Å². The number of likely N-dealkylation sites (tertiary alicyclic amines) is 1. The van der Waals surface area contributed by atoms with Gasteiger partial charge in [-0.2, -0.15) is 0 Å². The first kappa shape index (κ1) is 18.2. The maximum Gasteiger partial charge on any atom is 0.324 e. The van der Waals surface area contributed by atoms with Gasteiger partial charge in [0.15, 0.2) is 5.92 Å². The molecule has 2 fully saturated rings. The van der Waals surface area contributed by atoms with Crippen LogP contribution in [0.1, 0.15) is 46.5 Å². The zero-order chi connectivity index (χ0) is 18.4. The fourth-order valence-electron chi connectivity index (χ4n) is 4.89. The fraction of sp³-hybridized carbons (Fsp3) is 0.700. The number of carbonyl (C=O) groups is 2. The van der Waals surface area contributed by atoms with Crippen LogP contribution in [-0.4, -0.2) is 42.8 Å². The molecule has 3 aliphatic rings. The van der Waals surface area contributed by atoms with E-state index in [1.165, 1.54) is 11.1 Å². The number of rotatable bonds is 3. The molecular weight excluding hydrogens is 318 g/mol. The Morgan fingerprint density at radius 1 is 1.20 bits per heavy atom. The summed E-state index contributed by atoms with van der Waals surface area (Å²) in [6.07, 6.45) is 5.64. The van der Waals surface area contributed by atoms with E-state index in [1.807, 2.05) is 6.08 Å². The maximum atomic E-state index is 12.6. The van der Waals surface area contributed by atoms with E-state index in [9.17, 15) is 9.59 Å². The molecule has 1 atom stereocenters. The van der Waals surface area contributed by atoms with E-state index >= 15 is 0 Å². The number of esters is 2. The number of nitrogens with zero attached hydrogens (tertiary/aromatic N) is 1. The average molecular weight is 347 g/mol. The van der Waals surface area contributed by atoms with Crippen molar-refractivity contribution in [3.63, 3.8) is 0 Å². The molecule has 0 radical (unpaired) electrons. The molecular formula is C20H29NO4. The van der Waals surface area contributed by atoms with Crippen LogP contribution >= 0.6 is 0 Å². The van der Waals surface area contributed by atoms with Crippen LogP contribution in [0.15, 0.2) is 23.8 Å². The molecule has 2 aliphatic heterocycles. The molecule has 1 aliphatic carbocycles. The number of carbonyl (C=O) groups excluding carboxylic acids is 2. The monoisotopic (exact) mass is 347 g/mol. The van der Waals surface area contributed by atoms with Crippen LogP contribution in [0.25, 0.3) is 0 Å². The smallest absolute Gasteiger partial charge is 0.324 e. The molecule has 0 saturated carbocycles. The van der Waals surface area contributed by atoms with E-state index in [0.29, 0.717) is 0 Å². The Hall–Kier alpha value is -1.62. The van der Waals surface area contributed by atoms with Gasteiger partial charge in [-0.15, -0.1) is 0 Å². The van der Waals surface area contributed by atoms with Crippen molar-refractivity contribution in [2.45, 2.75) is 52.2 Å². The third kappa shape index (κ3) is 3.03. The van der Waals surface area contributed by atoms with Crippen molar-refractivity contribution in [1.82, 2.24) is 4.90 Å².